The van der Waals surface area contributed by atoms with E-state index in [4.69, 9.17) is 4.74 Å². The van der Waals surface area contributed by atoms with Crippen LogP contribution in [-0.2, 0) is 4.74 Å². The first-order chi connectivity index (χ1) is 8.57. The second-order valence-corrected chi connectivity index (χ2v) is 7.01. The highest BCUT2D eigenvalue weighted by Crippen LogP contribution is 2.26. The lowest BCUT2D eigenvalue weighted by Gasteiger charge is -2.29. The number of nitrogens with one attached hydrogen (secondary N) is 1. The van der Waals surface area contributed by atoms with Crippen molar-refractivity contribution in [2.24, 2.45) is 17.3 Å². The van der Waals surface area contributed by atoms with Crippen LogP contribution >= 0.6 is 0 Å². The van der Waals surface area contributed by atoms with E-state index in [9.17, 15) is 0 Å². The van der Waals surface area contributed by atoms with Crippen molar-refractivity contribution < 1.29 is 4.74 Å². The van der Waals surface area contributed by atoms with E-state index in [-0.39, 0.29) is 5.41 Å². The Balaban J connectivity index is 1.62. The van der Waals surface area contributed by atoms with Crippen LogP contribution in [0.5, 0.6) is 0 Å². The van der Waals surface area contributed by atoms with Crippen molar-refractivity contribution in [1.29, 1.82) is 0 Å². The van der Waals surface area contributed by atoms with Gasteiger partial charge in [-0.05, 0) is 37.5 Å². The Labute approximate surface area is 112 Å². The molecule has 0 aromatic heterocycles. The smallest absolute Gasteiger partial charge is 0.0529 e. The predicted octanol–water partition coefficient (Wildman–Crippen LogP) is 3.38. The van der Waals surface area contributed by atoms with Crippen LogP contribution < -0.4 is 5.32 Å². The second kappa shape index (κ2) is 6.21. The van der Waals surface area contributed by atoms with Crippen LogP contribution in [0.25, 0.3) is 0 Å². The topological polar surface area (TPSA) is 21.3 Å². The van der Waals surface area contributed by atoms with E-state index in [1.54, 1.807) is 0 Å². The van der Waals surface area contributed by atoms with E-state index < -0.39 is 0 Å². The van der Waals surface area contributed by atoms with Crippen molar-refractivity contribution in [1.82, 2.24) is 5.32 Å². The molecule has 18 heavy (non-hydrogen) atoms. The largest absolute Gasteiger partial charge is 0.381 e. The Kier molecular flexibility index (Phi) is 4.85. The first-order valence-corrected chi connectivity index (χ1v) is 7.53. The van der Waals surface area contributed by atoms with E-state index in [0.29, 0.717) is 0 Å². The molecular weight excluding hydrogens is 222 g/mol. The summed E-state index contributed by atoms with van der Waals surface area (Å²) in [5, 5.41) is 3.60. The quantitative estimate of drug-likeness (QED) is 0.700. The highest BCUT2D eigenvalue weighted by atomic mass is 16.5. The Morgan fingerprint density at radius 2 is 1.94 bits per heavy atom. The van der Waals surface area contributed by atoms with Gasteiger partial charge in [0.05, 0.1) is 6.61 Å². The number of allylic oxidation sites excluding steroid dienone is 2. The standard InChI is InChI=1S/C16H29NO/c1-13-6-4-5-7-14(13)10-18-12-16(2,3)11-17-15-8-9-15/h4-5,13-15,17H,6-12H2,1-3H3. The molecule has 1 N–H and O–H groups in total. The van der Waals surface area contributed by atoms with Crippen molar-refractivity contribution in [3.8, 4) is 0 Å². The Bertz CT molecular complexity index is 281. The van der Waals surface area contributed by atoms with Gasteiger partial charge in [-0.2, -0.15) is 0 Å². The van der Waals surface area contributed by atoms with Gasteiger partial charge in [-0.1, -0.05) is 32.9 Å². The summed E-state index contributed by atoms with van der Waals surface area (Å²) in [6, 6.07) is 0.799. The van der Waals surface area contributed by atoms with Gasteiger partial charge in [0.1, 0.15) is 0 Å². The first kappa shape index (κ1) is 14.1. The van der Waals surface area contributed by atoms with Crippen molar-refractivity contribution in [3.05, 3.63) is 12.2 Å². The molecule has 0 bridgehead atoms. The van der Waals surface area contributed by atoms with Crippen LogP contribution in [-0.4, -0.2) is 25.8 Å². The lowest BCUT2D eigenvalue weighted by molar-refractivity contribution is 0.0281. The van der Waals surface area contributed by atoms with Gasteiger partial charge in [0.15, 0.2) is 0 Å². The van der Waals surface area contributed by atoms with E-state index in [2.05, 4.69) is 38.2 Å². The minimum atomic E-state index is 0.260. The van der Waals surface area contributed by atoms with E-state index >= 15 is 0 Å². The molecule has 104 valence electrons. The van der Waals surface area contributed by atoms with Gasteiger partial charge in [-0.15, -0.1) is 0 Å². The summed E-state index contributed by atoms with van der Waals surface area (Å²) in [5.74, 6) is 1.50. The van der Waals surface area contributed by atoms with Crippen molar-refractivity contribution in [2.75, 3.05) is 19.8 Å². The van der Waals surface area contributed by atoms with Crippen molar-refractivity contribution in [3.63, 3.8) is 0 Å². The van der Waals surface area contributed by atoms with Crippen LogP contribution in [0.2, 0.25) is 0 Å². The van der Waals surface area contributed by atoms with Crippen LogP contribution in [0.3, 0.4) is 0 Å². The van der Waals surface area contributed by atoms with Crippen molar-refractivity contribution in [2.45, 2.75) is 52.5 Å². The molecule has 2 atom stereocenters. The molecule has 2 heteroatoms. The van der Waals surface area contributed by atoms with Crippen LogP contribution in [0, 0.1) is 17.3 Å². The van der Waals surface area contributed by atoms with Gasteiger partial charge in [0.25, 0.3) is 0 Å². The molecule has 2 unspecified atom stereocenters. The van der Waals surface area contributed by atoms with Gasteiger partial charge in [-0.25, -0.2) is 0 Å². The maximum atomic E-state index is 5.99. The highest BCUT2D eigenvalue weighted by molar-refractivity contribution is 4.93. The lowest BCUT2D eigenvalue weighted by Crippen LogP contribution is -2.35. The SMILES string of the molecule is CC1CC=CCC1COCC(C)(C)CNC1CC1. The average molecular weight is 251 g/mol. The lowest BCUT2D eigenvalue weighted by atomic mass is 9.85. The van der Waals surface area contributed by atoms with Crippen LogP contribution in [0.4, 0.5) is 0 Å². The normalized spacial score (nSPS) is 28.6. The summed E-state index contributed by atoms with van der Waals surface area (Å²) in [7, 11) is 0. The molecule has 2 rings (SSSR count). The zero-order valence-corrected chi connectivity index (χ0v) is 12.2. The number of rotatable bonds is 7. The minimum absolute atomic E-state index is 0.260. The molecular formula is C16H29NO. The van der Waals surface area contributed by atoms with Crippen LogP contribution in [0.1, 0.15) is 46.5 Å². The molecule has 0 radical (unpaired) electrons. The predicted molar refractivity (Wildman–Crippen MR) is 76.7 cm³/mol. The third-order valence-corrected chi connectivity index (χ3v) is 4.19. The zero-order chi connectivity index (χ0) is 13.0. The highest BCUT2D eigenvalue weighted by Gasteiger charge is 2.26. The Hall–Kier alpha value is -0.340. The average Bonchev–Trinajstić information content (AvgIpc) is 3.13. The number of hydrogen-bond acceptors (Lipinski definition) is 2. The molecule has 0 saturated heterocycles. The van der Waals surface area contributed by atoms with Gasteiger partial charge in [0, 0.05) is 24.6 Å². The molecule has 1 fully saturated rings. The van der Waals surface area contributed by atoms with Gasteiger partial charge < -0.3 is 10.1 Å². The fourth-order valence-corrected chi connectivity index (χ4v) is 2.48. The number of ether oxygens (including phenoxy) is 1. The Morgan fingerprint density at radius 1 is 1.22 bits per heavy atom. The molecule has 0 aromatic carbocycles. The molecule has 0 heterocycles. The fraction of sp³-hybridized carbons (Fsp3) is 0.875. The second-order valence-electron chi connectivity index (χ2n) is 7.01. The van der Waals surface area contributed by atoms with E-state index in [1.807, 2.05) is 0 Å². The molecule has 2 aliphatic rings. The minimum Gasteiger partial charge on any atom is -0.381 e. The summed E-state index contributed by atoms with van der Waals surface area (Å²) in [5.41, 5.74) is 0.260. The zero-order valence-electron chi connectivity index (χ0n) is 12.2. The third-order valence-electron chi connectivity index (χ3n) is 4.19. The summed E-state index contributed by atoms with van der Waals surface area (Å²) in [6.07, 6.45) is 9.77. The molecule has 0 amide bonds. The maximum absolute atomic E-state index is 5.99. The molecule has 0 aromatic rings. The molecule has 0 spiro atoms. The van der Waals surface area contributed by atoms with Gasteiger partial charge in [0.2, 0.25) is 0 Å². The molecule has 0 aliphatic heterocycles. The molecule has 1 saturated carbocycles. The molecule has 2 nitrogen and oxygen atoms in total. The van der Waals surface area contributed by atoms with Gasteiger partial charge in [-0.3, -0.25) is 0 Å². The van der Waals surface area contributed by atoms with Crippen LogP contribution in [0.15, 0.2) is 12.2 Å². The summed E-state index contributed by atoms with van der Waals surface area (Å²) in [6.45, 7) is 9.83. The molecule has 2 aliphatic carbocycles. The van der Waals surface area contributed by atoms with E-state index in [1.165, 1.54) is 25.7 Å². The third kappa shape index (κ3) is 4.74. The summed E-state index contributed by atoms with van der Waals surface area (Å²) >= 11 is 0. The Morgan fingerprint density at radius 3 is 2.61 bits per heavy atom. The first-order valence-electron chi connectivity index (χ1n) is 7.53. The summed E-state index contributed by atoms with van der Waals surface area (Å²) < 4.78 is 5.99. The number of hydrogen-bond donors (Lipinski definition) is 1. The van der Waals surface area contributed by atoms with Gasteiger partial charge >= 0.3 is 0 Å². The monoisotopic (exact) mass is 251 g/mol. The van der Waals surface area contributed by atoms with E-state index in [0.717, 1.165) is 37.6 Å². The summed E-state index contributed by atoms with van der Waals surface area (Å²) in [4.78, 5) is 0. The fourth-order valence-electron chi connectivity index (χ4n) is 2.48. The van der Waals surface area contributed by atoms with Crippen molar-refractivity contribution >= 4 is 0 Å². The maximum Gasteiger partial charge on any atom is 0.0529 e.